The summed E-state index contributed by atoms with van der Waals surface area (Å²) in [6.07, 6.45) is 1.68. The Morgan fingerprint density at radius 3 is 2.94 bits per heavy atom. The average Bonchev–Trinajstić information content (AvgIpc) is 2.57. The molecule has 0 saturated carbocycles. The molecule has 0 radical (unpaired) electrons. The lowest BCUT2D eigenvalue weighted by atomic mass is 10.3. The van der Waals surface area contributed by atoms with E-state index in [0.29, 0.717) is 11.8 Å². The summed E-state index contributed by atoms with van der Waals surface area (Å²) >= 11 is 0. The van der Waals surface area contributed by atoms with Crippen LogP contribution in [-0.2, 0) is 10.8 Å². The third-order valence-electron chi connectivity index (χ3n) is 2.15. The van der Waals surface area contributed by atoms with Gasteiger partial charge in [-0.25, -0.2) is 0 Å². The fraction of sp³-hybridized carbons (Fsp3) is 0.364. The third-order valence-corrected chi connectivity index (χ3v) is 3.12. The van der Waals surface area contributed by atoms with Gasteiger partial charge in [0.15, 0.2) is 5.58 Å². The molecule has 2 atom stereocenters. The number of nitrogens with one attached hydrogen (secondary N) is 1. The van der Waals surface area contributed by atoms with Crippen LogP contribution in [0.15, 0.2) is 28.7 Å². The third kappa shape index (κ3) is 2.61. The predicted octanol–water partition coefficient (Wildman–Crippen LogP) is 2.01. The fourth-order valence-corrected chi connectivity index (χ4v) is 2.33. The summed E-state index contributed by atoms with van der Waals surface area (Å²) < 4.78 is 16.5. The normalized spacial score (nSPS) is 14.9. The van der Waals surface area contributed by atoms with Crippen LogP contribution in [0.1, 0.15) is 6.92 Å². The highest BCUT2D eigenvalue weighted by Gasteiger charge is 2.09. The number of anilines is 1. The van der Waals surface area contributed by atoms with E-state index in [2.05, 4.69) is 10.3 Å². The molecule has 1 N–H and O–H groups in total. The average molecular weight is 238 g/mol. The highest BCUT2D eigenvalue weighted by molar-refractivity contribution is 7.84. The smallest absolute Gasteiger partial charge is 0.295 e. The Kier molecular flexibility index (Phi) is 3.24. The van der Waals surface area contributed by atoms with Gasteiger partial charge in [0.1, 0.15) is 5.52 Å². The summed E-state index contributed by atoms with van der Waals surface area (Å²) in [5, 5.41) is 3.09. The van der Waals surface area contributed by atoms with Gasteiger partial charge in [-0.1, -0.05) is 12.1 Å². The van der Waals surface area contributed by atoms with Gasteiger partial charge in [0.2, 0.25) is 0 Å². The van der Waals surface area contributed by atoms with Crippen LogP contribution in [0.25, 0.3) is 11.1 Å². The quantitative estimate of drug-likeness (QED) is 0.885. The number of aromatic nitrogens is 1. The predicted molar refractivity (Wildman–Crippen MR) is 66.0 cm³/mol. The maximum Gasteiger partial charge on any atom is 0.295 e. The summed E-state index contributed by atoms with van der Waals surface area (Å²) in [6.45, 7) is 1.95. The van der Waals surface area contributed by atoms with Gasteiger partial charge in [0, 0.05) is 28.9 Å². The first-order valence-corrected chi connectivity index (χ1v) is 6.80. The molecule has 0 aliphatic heterocycles. The topological polar surface area (TPSA) is 55.1 Å². The molecule has 2 rings (SSSR count). The van der Waals surface area contributed by atoms with E-state index in [9.17, 15) is 4.21 Å². The number of rotatable bonds is 4. The number of nitrogens with zero attached hydrogens (tertiary/aromatic N) is 1. The Bertz CT molecular complexity index is 476. The highest BCUT2D eigenvalue weighted by atomic mass is 32.2. The van der Waals surface area contributed by atoms with Crippen LogP contribution in [0, 0.1) is 0 Å². The molecule has 0 aliphatic carbocycles. The Balaban J connectivity index is 2.12. The first-order valence-electron chi connectivity index (χ1n) is 5.07. The van der Waals surface area contributed by atoms with Crippen LogP contribution in [0.2, 0.25) is 0 Å². The zero-order valence-corrected chi connectivity index (χ0v) is 10.1. The number of oxazole rings is 1. The van der Waals surface area contributed by atoms with E-state index in [1.807, 2.05) is 31.2 Å². The molecule has 16 heavy (non-hydrogen) atoms. The van der Waals surface area contributed by atoms with Crippen molar-refractivity contribution >= 4 is 27.9 Å². The summed E-state index contributed by atoms with van der Waals surface area (Å²) in [6, 6.07) is 8.15. The maximum absolute atomic E-state index is 11.0. The maximum atomic E-state index is 11.0. The molecular weight excluding hydrogens is 224 g/mol. The Hall–Kier alpha value is -1.36. The minimum atomic E-state index is -0.819. The number of fused-ring (bicyclic) bond motifs is 1. The van der Waals surface area contributed by atoms with E-state index in [4.69, 9.17) is 4.42 Å². The van der Waals surface area contributed by atoms with Crippen molar-refractivity contribution in [2.45, 2.75) is 13.0 Å². The van der Waals surface area contributed by atoms with Crippen molar-refractivity contribution in [2.24, 2.45) is 0 Å². The first kappa shape index (κ1) is 11.1. The molecule has 4 nitrogen and oxygen atoms in total. The van der Waals surface area contributed by atoms with Crippen molar-refractivity contribution in [2.75, 3.05) is 17.3 Å². The van der Waals surface area contributed by atoms with Crippen LogP contribution in [-0.4, -0.2) is 27.2 Å². The number of benzene rings is 1. The van der Waals surface area contributed by atoms with Crippen molar-refractivity contribution < 1.29 is 8.63 Å². The first-order chi connectivity index (χ1) is 7.65. The van der Waals surface area contributed by atoms with Gasteiger partial charge in [-0.15, -0.1) is 0 Å². The van der Waals surface area contributed by atoms with Crippen LogP contribution >= 0.6 is 0 Å². The Morgan fingerprint density at radius 2 is 2.25 bits per heavy atom. The van der Waals surface area contributed by atoms with Crippen LogP contribution in [0.5, 0.6) is 0 Å². The molecule has 0 saturated heterocycles. The molecule has 2 unspecified atom stereocenters. The van der Waals surface area contributed by atoms with E-state index >= 15 is 0 Å². The van der Waals surface area contributed by atoms with E-state index in [0.717, 1.165) is 11.1 Å². The molecule has 0 bridgehead atoms. The van der Waals surface area contributed by atoms with Crippen molar-refractivity contribution in [1.29, 1.82) is 0 Å². The van der Waals surface area contributed by atoms with Gasteiger partial charge < -0.3 is 9.73 Å². The molecule has 0 fully saturated rings. The van der Waals surface area contributed by atoms with Crippen molar-refractivity contribution in [3.05, 3.63) is 24.3 Å². The second kappa shape index (κ2) is 4.65. The largest absolute Gasteiger partial charge is 0.424 e. The zero-order chi connectivity index (χ0) is 11.5. The summed E-state index contributed by atoms with van der Waals surface area (Å²) in [4.78, 5) is 4.28. The molecule has 86 valence electrons. The minimum absolute atomic E-state index is 0.0823. The molecule has 5 heteroatoms. The Morgan fingerprint density at radius 1 is 1.50 bits per heavy atom. The molecule has 1 aromatic carbocycles. The van der Waals surface area contributed by atoms with E-state index in [1.165, 1.54) is 0 Å². The van der Waals surface area contributed by atoms with E-state index in [-0.39, 0.29) is 6.04 Å². The van der Waals surface area contributed by atoms with Gasteiger partial charge in [-0.3, -0.25) is 4.21 Å². The summed E-state index contributed by atoms with van der Waals surface area (Å²) in [7, 11) is -0.819. The van der Waals surface area contributed by atoms with Gasteiger partial charge in [-0.2, -0.15) is 4.98 Å². The van der Waals surface area contributed by atoms with Gasteiger partial charge in [0.05, 0.1) is 0 Å². The van der Waals surface area contributed by atoms with Crippen molar-refractivity contribution in [1.82, 2.24) is 4.98 Å². The second-order valence-corrected chi connectivity index (χ2v) is 5.25. The minimum Gasteiger partial charge on any atom is -0.424 e. The molecule has 0 spiro atoms. The standard InChI is InChI=1S/C11H14N2O2S/c1-8(7-16(2)14)12-11-13-9-5-3-4-6-10(9)15-11/h3-6,8H,7H2,1-2H3,(H,12,13). The Labute approximate surface area is 96.5 Å². The fourth-order valence-electron chi connectivity index (χ4n) is 1.54. The molecule has 1 aromatic heterocycles. The molecule has 2 aromatic rings. The lowest BCUT2D eigenvalue weighted by molar-refractivity contribution is 0.605. The second-order valence-electron chi connectivity index (χ2n) is 3.77. The van der Waals surface area contributed by atoms with Gasteiger partial charge in [0.25, 0.3) is 6.01 Å². The van der Waals surface area contributed by atoms with Crippen LogP contribution in [0.3, 0.4) is 0 Å². The lowest BCUT2D eigenvalue weighted by Crippen LogP contribution is -2.22. The SMILES string of the molecule is CC(CS(C)=O)Nc1nc2ccccc2o1. The number of hydrogen-bond acceptors (Lipinski definition) is 4. The van der Waals surface area contributed by atoms with Gasteiger partial charge in [-0.05, 0) is 19.1 Å². The van der Waals surface area contributed by atoms with Crippen LogP contribution in [0.4, 0.5) is 6.01 Å². The van der Waals surface area contributed by atoms with Crippen molar-refractivity contribution in [3.8, 4) is 0 Å². The molecular formula is C11H14N2O2S. The van der Waals surface area contributed by atoms with Crippen LogP contribution < -0.4 is 5.32 Å². The summed E-state index contributed by atoms with van der Waals surface area (Å²) in [5.41, 5.74) is 1.59. The number of para-hydroxylation sites is 2. The van der Waals surface area contributed by atoms with E-state index in [1.54, 1.807) is 6.26 Å². The van der Waals surface area contributed by atoms with Crippen molar-refractivity contribution in [3.63, 3.8) is 0 Å². The number of hydrogen-bond donors (Lipinski definition) is 1. The molecule has 0 amide bonds. The highest BCUT2D eigenvalue weighted by Crippen LogP contribution is 2.18. The zero-order valence-electron chi connectivity index (χ0n) is 9.27. The monoisotopic (exact) mass is 238 g/mol. The van der Waals surface area contributed by atoms with Gasteiger partial charge >= 0.3 is 0 Å². The van der Waals surface area contributed by atoms with E-state index < -0.39 is 10.8 Å². The molecule has 0 aliphatic rings. The summed E-state index contributed by atoms with van der Waals surface area (Å²) in [5.74, 6) is 0.582. The molecule has 1 heterocycles. The lowest BCUT2D eigenvalue weighted by Gasteiger charge is -2.09.